The Balaban J connectivity index is 2.16. The van der Waals surface area contributed by atoms with Gasteiger partial charge >= 0.3 is 0 Å². The second kappa shape index (κ2) is 5.73. The summed E-state index contributed by atoms with van der Waals surface area (Å²) in [6.45, 7) is 0.754. The Kier molecular flexibility index (Phi) is 4.27. The molecule has 18 heavy (non-hydrogen) atoms. The van der Waals surface area contributed by atoms with Crippen LogP contribution in [0.2, 0.25) is 5.02 Å². The summed E-state index contributed by atoms with van der Waals surface area (Å²) in [5.74, 6) is 0.502. The quantitative estimate of drug-likeness (QED) is 0.838. The summed E-state index contributed by atoms with van der Waals surface area (Å²) >= 11 is 7.29. The van der Waals surface area contributed by atoms with E-state index in [9.17, 15) is 9.59 Å². The number of rotatable bonds is 4. The molecule has 0 radical (unpaired) electrons. The highest BCUT2D eigenvalue weighted by molar-refractivity contribution is 8.00. The lowest BCUT2D eigenvalue weighted by Gasteiger charge is -2.14. The molecule has 0 spiro atoms. The van der Waals surface area contributed by atoms with Gasteiger partial charge in [-0.1, -0.05) is 11.6 Å². The first-order valence-corrected chi connectivity index (χ1v) is 7.09. The van der Waals surface area contributed by atoms with Crippen LogP contribution in [0.3, 0.4) is 0 Å². The smallest absolute Gasteiger partial charge is 0.247 e. The number of halogens is 1. The van der Waals surface area contributed by atoms with Crippen LogP contribution < -0.4 is 10.6 Å². The van der Waals surface area contributed by atoms with E-state index in [4.69, 9.17) is 11.6 Å². The van der Waals surface area contributed by atoms with Gasteiger partial charge in [-0.3, -0.25) is 9.59 Å². The van der Waals surface area contributed by atoms with Crippen LogP contribution in [0.4, 0.5) is 5.69 Å². The van der Waals surface area contributed by atoms with Crippen LogP contribution in [0.5, 0.6) is 0 Å². The zero-order chi connectivity index (χ0) is 13.1. The lowest BCUT2D eigenvalue weighted by molar-refractivity contribution is -0.360. The fourth-order valence-corrected chi connectivity index (χ4v) is 2.91. The van der Waals surface area contributed by atoms with Crippen molar-refractivity contribution in [1.82, 2.24) is 0 Å². The van der Waals surface area contributed by atoms with Gasteiger partial charge in [-0.2, -0.15) is 0 Å². The van der Waals surface area contributed by atoms with Crippen molar-refractivity contribution in [2.45, 2.75) is 11.7 Å². The summed E-state index contributed by atoms with van der Waals surface area (Å²) in [6, 6.07) is 6.72. The number of carbonyl (C=O) groups is 2. The van der Waals surface area contributed by atoms with Gasteiger partial charge in [0.15, 0.2) is 0 Å². The number of carbonyl (C=O) groups excluding carboxylic acids is 2. The van der Waals surface area contributed by atoms with Gasteiger partial charge in [-0.25, -0.2) is 4.90 Å². The van der Waals surface area contributed by atoms with Crippen LogP contribution in [-0.2, 0) is 9.59 Å². The summed E-state index contributed by atoms with van der Waals surface area (Å²) < 4.78 is 0. The van der Waals surface area contributed by atoms with Crippen molar-refractivity contribution in [2.24, 2.45) is 0 Å². The van der Waals surface area contributed by atoms with Crippen LogP contribution in [0.1, 0.15) is 6.42 Å². The third kappa shape index (κ3) is 2.68. The van der Waals surface area contributed by atoms with Crippen LogP contribution in [-0.4, -0.2) is 29.4 Å². The number of amides is 2. The minimum Gasteiger partial charge on any atom is -0.357 e. The predicted octanol–water partition coefficient (Wildman–Crippen LogP) is 0.947. The van der Waals surface area contributed by atoms with Crippen molar-refractivity contribution >= 4 is 40.9 Å². The Morgan fingerprint density at radius 3 is 2.61 bits per heavy atom. The molecular weight excluding hydrogens is 272 g/mol. The highest BCUT2D eigenvalue weighted by atomic mass is 35.5. The number of nitrogens with zero attached hydrogens (tertiary/aromatic N) is 1. The largest absolute Gasteiger partial charge is 0.357 e. The van der Waals surface area contributed by atoms with Crippen molar-refractivity contribution in [3.05, 3.63) is 29.3 Å². The molecule has 1 aromatic carbocycles. The van der Waals surface area contributed by atoms with Gasteiger partial charge in [-0.15, -0.1) is 11.8 Å². The van der Waals surface area contributed by atoms with Gasteiger partial charge in [0, 0.05) is 17.2 Å². The Labute approximate surface area is 114 Å². The molecule has 0 bridgehead atoms. The minimum absolute atomic E-state index is 0.138. The zero-order valence-corrected chi connectivity index (χ0v) is 11.3. The number of imide groups is 1. The minimum atomic E-state index is -0.269. The molecule has 2 amide bonds. The Morgan fingerprint density at radius 2 is 2.00 bits per heavy atom. The van der Waals surface area contributed by atoms with E-state index >= 15 is 0 Å². The molecule has 6 heteroatoms. The molecule has 4 nitrogen and oxygen atoms in total. The van der Waals surface area contributed by atoms with Gasteiger partial charge in [0.25, 0.3) is 0 Å². The number of thioether (sulfide) groups is 1. The van der Waals surface area contributed by atoms with Crippen molar-refractivity contribution in [3.8, 4) is 0 Å². The van der Waals surface area contributed by atoms with Crippen LogP contribution in [0.25, 0.3) is 0 Å². The molecule has 0 aromatic heterocycles. The number of anilines is 1. The first-order chi connectivity index (χ1) is 8.63. The van der Waals surface area contributed by atoms with Crippen LogP contribution >= 0.6 is 23.4 Å². The standard InChI is InChI=1S/C12H13ClN2O2S/c13-8-1-3-9(4-2-8)15-11(16)7-10(12(15)17)18-6-5-14/h1-4,10H,5-7,14H2/p+1/t10-/m1/s1. The third-order valence-corrected chi connectivity index (χ3v) is 4.20. The number of hydrogen-bond acceptors (Lipinski definition) is 3. The second-order valence-corrected chi connectivity index (χ2v) is 5.71. The fourth-order valence-electron chi connectivity index (χ4n) is 1.82. The first-order valence-electron chi connectivity index (χ1n) is 5.66. The summed E-state index contributed by atoms with van der Waals surface area (Å²) in [5.41, 5.74) is 4.32. The molecule has 3 N–H and O–H groups in total. The molecule has 1 heterocycles. The van der Waals surface area contributed by atoms with E-state index in [1.54, 1.807) is 24.3 Å². The molecule has 1 fully saturated rings. The van der Waals surface area contributed by atoms with E-state index in [2.05, 4.69) is 5.73 Å². The Hall–Kier alpha value is -1.04. The molecule has 0 aliphatic carbocycles. The molecular formula is C12H14ClN2O2S+. The summed E-state index contributed by atoms with van der Waals surface area (Å²) in [7, 11) is 0. The SMILES string of the molecule is [NH3+]CCS[C@@H]1CC(=O)N(c2ccc(Cl)cc2)C1=O. The summed E-state index contributed by atoms with van der Waals surface area (Å²) in [5, 5.41) is 0.316. The molecule has 1 atom stereocenters. The van der Waals surface area contributed by atoms with Crippen molar-refractivity contribution < 1.29 is 15.3 Å². The fraction of sp³-hybridized carbons (Fsp3) is 0.333. The van der Waals surface area contributed by atoms with Gasteiger partial charge in [0.05, 0.1) is 17.5 Å². The number of benzene rings is 1. The lowest BCUT2D eigenvalue weighted by Crippen LogP contribution is -2.51. The number of quaternary nitrogens is 1. The monoisotopic (exact) mass is 285 g/mol. The van der Waals surface area contributed by atoms with E-state index in [1.165, 1.54) is 16.7 Å². The number of hydrogen-bond donors (Lipinski definition) is 1. The van der Waals surface area contributed by atoms with Gasteiger partial charge in [0.1, 0.15) is 0 Å². The molecule has 1 aliphatic heterocycles. The molecule has 1 aromatic rings. The first kappa shape index (κ1) is 13.4. The molecule has 1 saturated heterocycles. The molecule has 0 unspecified atom stereocenters. The average Bonchev–Trinajstić information content (AvgIpc) is 2.63. The maximum absolute atomic E-state index is 12.1. The second-order valence-electron chi connectivity index (χ2n) is 3.96. The van der Waals surface area contributed by atoms with Crippen molar-refractivity contribution in [1.29, 1.82) is 0 Å². The highest BCUT2D eigenvalue weighted by Crippen LogP contribution is 2.29. The van der Waals surface area contributed by atoms with E-state index in [1.807, 2.05) is 0 Å². The summed E-state index contributed by atoms with van der Waals surface area (Å²) in [6.07, 6.45) is 0.270. The van der Waals surface area contributed by atoms with Crippen molar-refractivity contribution in [2.75, 3.05) is 17.2 Å². The molecule has 96 valence electrons. The maximum atomic E-state index is 12.1. The van der Waals surface area contributed by atoms with Gasteiger partial charge in [-0.05, 0) is 24.3 Å². The molecule has 1 aliphatic rings. The van der Waals surface area contributed by atoms with E-state index in [-0.39, 0.29) is 23.5 Å². The highest BCUT2D eigenvalue weighted by Gasteiger charge is 2.39. The van der Waals surface area contributed by atoms with Crippen molar-refractivity contribution in [3.63, 3.8) is 0 Å². The lowest BCUT2D eigenvalue weighted by atomic mass is 10.3. The Morgan fingerprint density at radius 1 is 1.33 bits per heavy atom. The van der Waals surface area contributed by atoms with E-state index in [0.717, 1.165) is 12.3 Å². The van der Waals surface area contributed by atoms with Gasteiger partial charge < -0.3 is 5.73 Å². The Bertz CT molecular complexity index is 464. The summed E-state index contributed by atoms with van der Waals surface area (Å²) in [4.78, 5) is 25.3. The molecule has 0 saturated carbocycles. The van der Waals surface area contributed by atoms with Gasteiger partial charge in [0.2, 0.25) is 11.8 Å². The average molecular weight is 286 g/mol. The molecule has 2 rings (SSSR count). The predicted molar refractivity (Wildman–Crippen MR) is 72.6 cm³/mol. The van der Waals surface area contributed by atoms with Crippen LogP contribution in [0.15, 0.2) is 24.3 Å². The van der Waals surface area contributed by atoms with E-state index in [0.29, 0.717) is 10.7 Å². The van der Waals surface area contributed by atoms with E-state index < -0.39 is 0 Å². The normalized spacial score (nSPS) is 19.7. The maximum Gasteiger partial charge on any atom is 0.247 e. The zero-order valence-electron chi connectivity index (χ0n) is 9.77. The topological polar surface area (TPSA) is 65.0 Å². The third-order valence-electron chi connectivity index (χ3n) is 2.65. The van der Waals surface area contributed by atoms with Crippen LogP contribution in [0, 0.1) is 0 Å².